The maximum Gasteiger partial charge on any atom is 0.340 e. The molecule has 1 aliphatic rings. The number of carbonyl (C=O) groups is 4. The molecule has 9 heteroatoms. The summed E-state index contributed by atoms with van der Waals surface area (Å²) < 4.78 is 10.8. The third-order valence-corrected chi connectivity index (χ3v) is 5.55. The van der Waals surface area contributed by atoms with Crippen molar-refractivity contribution in [1.29, 1.82) is 0 Å². The van der Waals surface area contributed by atoms with E-state index in [0.29, 0.717) is 11.3 Å². The van der Waals surface area contributed by atoms with Crippen LogP contribution in [0.5, 0.6) is 0 Å². The van der Waals surface area contributed by atoms with Crippen LogP contribution in [0, 0.1) is 0 Å². The Kier molecular flexibility index (Phi) is 7.29. The molecule has 0 saturated carbocycles. The highest BCUT2D eigenvalue weighted by Gasteiger charge is 2.34. The Hall–Kier alpha value is -4.66. The van der Waals surface area contributed by atoms with E-state index in [2.05, 4.69) is 16.0 Å². The van der Waals surface area contributed by atoms with E-state index in [1.54, 1.807) is 43.3 Å². The zero-order chi connectivity index (χ0) is 25.7. The Morgan fingerprint density at radius 1 is 0.917 bits per heavy atom. The fraction of sp³-hybridized carbons (Fsp3) is 0.185. The van der Waals surface area contributed by atoms with E-state index in [-0.39, 0.29) is 29.3 Å². The number of benzene rings is 3. The van der Waals surface area contributed by atoms with Crippen LogP contribution in [-0.2, 0) is 19.1 Å². The number of hydrogen-bond acceptors (Lipinski definition) is 6. The molecule has 3 aromatic carbocycles. The Labute approximate surface area is 207 Å². The number of fused-ring (bicyclic) bond motifs is 1. The van der Waals surface area contributed by atoms with Crippen LogP contribution >= 0.6 is 0 Å². The van der Waals surface area contributed by atoms with Crippen molar-refractivity contribution < 1.29 is 28.7 Å². The number of ether oxygens (including phenoxy) is 2. The monoisotopic (exact) mass is 487 g/mol. The Morgan fingerprint density at radius 2 is 1.58 bits per heavy atom. The van der Waals surface area contributed by atoms with Crippen LogP contribution in [0.25, 0.3) is 10.8 Å². The molecule has 0 spiro atoms. The first-order valence-electron chi connectivity index (χ1n) is 11.4. The Morgan fingerprint density at radius 3 is 2.25 bits per heavy atom. The topological polar surface area (TPSA) is 123 Å². The minimum atomic E-state index is -0.789. The number of rotatable bonds is 7. The zero-order valence-corrected chi connectivity index (χ0v) is 19.8. The van der Waals surface area contributed by atoms with Crippen molar-refractivity contribution in [2.24, 2.45) is 0 Å². The molecule has 184 valence electrons. The molecule has 3 aromatic rings. The van der Waals surface area contributed by atoms with Gasteiger partial charge in [-0.15, -0.1) is 0 Å². The molecule has 0 aromatic heterocycles. The lowest BCUT2D eigenvalue weighted by molar-refractivity contribution is -0.139. The fourth-order valence-corrected chi connectivity index (χ4v) is 3.99. The molecule has 1 atom stereocenters. The minimum absolute atomic E-state index is 0.112. The third kappa shape index (κ3) is 5.35. The first-order valence-corrected chi connectivity index (χ1v) is 11.4. The quantitative estimate of drug-likeness (QED) is 0.436. The molecule has 0 radical (unpaired) electrons. The molecule has 0 bridgehead atoms. The summed E-state index contributed by atoms with van der Waals surface area (Å²) in [4.78, 5) is 50.2. The summed E-state index contributed by atoms with van der Waals surface area (Å²) >= 11 is 0. The standard InChI is InChI=1S/C27H25N3O6/c1-3-35-26(33)23-22(29-27(34)30-24(23)17-9-5-4-6-10-17)15-36-25(32)20-13-18-11-7-8-12-19(18)14-21(20)28-16(2)31/h4-14,24H,3,15H2,1-2H3,(H,28,31)(H2,29,30,34). The van der Waals surface area contributed by atoms with Crippen molar-refractivity contribution in [2.75, 3.05) is 18.5 Å². The average Bonchev–Trinajstić information content (AvgIpc) is 2.86. The van der Waals surface area contributed by atoms with Gasteiger partial charge in [0.2, 0.25) is 5.91 Å². The van der Waals surface area contributed by atoms with Gasteiger partial charge in [0.25, 0.3) is 0 Å². The average molecular weight is 488 g/mol. The van der Waals surface area contributed by atoms with E-state index in [1.165, 1.54) is 6.92 Å². The summed E-state index contributed by atoms with van der Waals surface area (Å²) in [6.45, 7) is 2.75. The zero-order valence-electron chi connectivity index (χ0n) is 19.8. The predicted octanol–water partition coefficient (Wildman–Crippen LogP) is 3.83. The summed E-state index contributed by atoms with van der Waals surface area (Å²) in [6.07, 6.45) is 0. The van der Waals surface area contributed by atoms with Crippen molar-refractivity contribution in [3.8, 4) is 0 Å². The maximum absolute atomic E-state index is 13.1. The van der Waals surface area contributed by atoms with Crippen LogP contribution in [0.3, 0.4) is 0 Å². The summed E-state index contributed by atoms with van der Waals surface area (Å²) in [5.41, 5.74) is 1.35. The van der Waals surface area contributed by atoms with Crippen LogP contribution in [0.1, 0.15) is 35.8 Å². The van der Waals surface area contributed by atoms with Gasteiger partial charge in [0.15, 0.2) is 0 Å². The predicted molar refractivity (Wildman–Crippen MR) is 133 cm³/mol. The largest absolute Gasteiger partial charge is 0.463 e. The highest BCUT2D eigenvalue weighted by Crippen LogP contribution is 2.29. The van der Waals surface area contributed by atoms with Crippen molar-refractivity contribution >= 4 is 40.3 Å². The lowest BCUT2D eigenvalue weighted by Gasteiger charge is -2.29. The van der Waals surface area contributed by atoms with E-state index in [9.17, 15) is 19.2 Å². The molecule has 3 N–H and O–H groups in total. The third-order valence-electron chi connectivity index (χ3n) is 5.55. The van der Waals surface area contributed by atoms with Crippen LogP contribution < -0.4 is 16.0 Å². The van der Waals surface area contributed by atoms with Crippen LogP contribution in [0.2, 0.25) is 0 Å². The van der Waals surface area contributed by atoms with Gasteiger partial charge in [-0.2, -0.15) is 0 Å². The lowest BCUT2D eigenvalue weighted by atomic mass is 9.95. The van der Waals surface area contributed by atoms with E-state index < -0.39 is 30.6 Å². The molecule has 0 fully saturated rings. The molecule has 36 heavy (non-hydrogen) atoms. The summed E-state index contributed by atoms with van der Waals surface area (Å²) in [7, 11) is 0. The summed E-state index contributed by atoms with van der Waals surface area (Å²) in [5.74, 6) is -1.72. The molecular formula is C27H25N3O6. The fourth-order valence-electron chi connectivity index (χ4n) is 3.99. The smallest absolute Gasteiger partial charge is 0.340 e. The van der Waals surface area contributed by atoms with E-state index >= 15 is 0 Å². The summed E-state index contributed by atoms with van der Waals surface area (Å²) in [5, 5.41) is 9.57. The van der Waals surface area contributed by atoms with Gasteiger partial charge in [-0.3, -0.25) is 4.79 Å². The van der Waals surface area contributed by atoms with Crippen LogP contribution in [0.4, 0.5) is 10.5 Å². The Balaban J connectivity index is 1.68. The number of urea groups is 1. The van der Waals surface area contributed by atoms with Gasteiger partial charge in [-0.05, 0) is 35.4 Å². The molecule has 3 amide bonds. The van der Waals surface area contributed by atoms with Gasteiger partial charge in [-0.1, -0.05) is 54.6 Å². The van der Waals surface area contributed by atoms with Crippen molar-refractivity contribution in [1.82, 2.24) is 10.6 Å². The number of carbonyl (C=O) groups excluding carboxylic acids is 4. The summed E-state index contributed by atoms with van der Waals surface area (Å²) in [6, 6.07) is 18.3. The number of nitrogens with one attached hydrogen (secondary N) is 3. The Bertz CT molecular complexity index is 1370. The molecule has 1 heterocycles. The first kappa shape index (κ1) is 24.5. The van der Waals surface area contributed by atoms with Gasteiger partial charge >= 0.3 is 18.0 Å². The number of hydrogen-bond donors (Lipinski definition) is 3. The number of anilines is 1. The molecule has 9 nitrogen and oxygen atoms in total. The van der Waals surface area contributed by atoms with E-state index in [4.69, 9.17) is 9.47 Å². The second-order valence-electron chi connectivity index (χ2n) is 8.06. The van der Waals surface area contributed by atoms with E-state index in [1.807, 2.05) is 30.3 Å². The lowest BCUT2D eigenvalue weighted by Crippen LogP contribution is -2.47. The highest BCUT2D eigenvalue weighted by molar-refractivity contribution is 6.05. The van der Waals surface area contributed by atoms with Gasteiger partial charge in [-0.25, -0.2) is 14.4 Å². The SMILES string of the molecule is CCOC(=O)C1=C(COC(=O)c2cc3ccccc3cc2NC(C)=O)NC(=O)NC1c1ccccc1. The molecule has 1 aliphatic heterocycles. The highest BCUT2D eigenvalue weighted by atomic mass is 16.5. The molecule has 0 saturated heterocycles. The molecule has 0 aliphatic carbocycles. The second kappa shape index (κ2) is 10.7. The van der Waals surface area contributed by atoms with Gasteiger partial charge in [0.1, 0.15) is 6.61 Å². The second-order valence-corrected chi connectivity index (χ2v) is 8.06. The van der Waals surface area contributed by atoms with Gasteiger partial charge < -0.3 is 25.4 Å². The number of amides is 3. The van der Waals surface area contributed by atoms with Gasteiger partial charge in [0.05, 0.1) is 35.2 Å². The molecule has 1 unspecified atom stereocenters. The number of esters is 2. The van der Waals surface area contributed by atoms with Crippen molar-refractivity contribution in [3.63, 3.8) is 0 Å². The van der Waals surface area contributed by atoms with Crippen LogP contribution in [-0.4, -0.2) is 37.1 Å². The van der Waals surface area contributed by atoms with Gasteiger partial charge in [0, 0.05) is 6.92 Å². The normalized spacial score (nSPS) is 15.1. The molecular weight excluding hydrogens is 462 g/mol. The maximum atomic E-state index is 13.1. The van der Waals surface area contributed by atoms with Crippen LogP contribution in [0.15, 0.2) is 78.0 Å². The molecule has 4 rings (SSSR count). The van der Waals surface area contributed by atoms with E-state index in [0.717, 1.165) is 10.8 Å². The van der Waals surface area contributed by atoms with Crippen molar-refractivity contribution in [3.05, 3.63) is 89.1 Å². The first-order chi connectivity index (χ1) is 17.4. The van der Waals surface area contributed by atoms with Crippen molar-refractivity contribution in [2.45, 2.75) is 19.9 Å². The minimum Gasteiger partial charge on any atom is -0.463 e.